The molecule has 0 aromatic heterocycles. The zero-order valence-electron chi connectivity index (χ0n) is 16.3. The van der Waals surface area contributed by atoms with Gasteiger partial charge in [-0.05, 0) is 41.7 Å². The summed E-state index contributed by atoms with van der Waals surface area (Å²) in [5.74, 6) is 2.68. The zero-order valence-corrected chi connectivity index (χ0v) is 18.7. The van der Waals surface area contributed by atoms with Crippen molar-refractivity contribution in [1.29, 1.82) is 0 Å². The monoisotopic (exact) mass is 497 g/mol. The lowest BCUT2D eigenvalue weighted by atomic mass is 10.1. The second-order valence-electron chi connectivity index (χ2n) is 6.46. The number of nitrogens with one attached hydrogen (secondary N) is 2. The topological polar surface area (TPSA) is 75.1 Å². The summed E-state index contributed by atoms with van der Waals surface area (Å²) in [7, 11) is 3.34. The molecule has 152 valence electrons. The summed E-state index contributed by atoms with van der Waals surface area (Å²) in [6.45, 7) is 2.26. The number of aromatic hydroxyl groups is 1. The van der Waals surface area contributed by atoms with Gasteiger partial charge in [-0.1, -0.05) is 18.2 Å². The van der Waals surface area contributed by atoms with Crippen LogP contribution in [0.25, 0.3) is 0 Å². The Kier molecular flexibility index (Phi) is 8.69. The Balaban J connectivity index is 0.00000280. The minimum absolute atomic E-state index is 0. The van der Waals surface area contributed by atoms with Crippen LogP contribution in [-0.4, -0.2) is 44.9 Å². The van der Waals surface area contributed by atoms with E-state index in [1.807, 2.05) is 12.1 Å². The Morgan fingerprint density at radius 2 is 1.93 bits per heavy atom. The van der Waals surface area contributed by atoms with Gasteiger partial charge in [0.15, 0.2) is 5.96 Å². The molecule has 0 saturated heterocycles. The Morgan fingerprint density at radius 3 is 2.64 bits per heavy atom. The van der Waals surface area contributed by atoms with Crippen LogP contribution in [0.2, 0.25) is 0 Å². The fourth-order valence-electron chi connectivity index (χ4n) is 3.14. The highest BCUT2D eigenvalue weighted by atomic mass is 127. The van der Waals surface area contributed by atoms with Gasteiger partial charge in [-0.2, -0.15) is 0 Å². The van der Waals surface area contributed by atoms with Gasteiger partial charge in [-0.15, -0.1) is 24.0 Å². The maximum atomic E-state index is 10.0. The lowest BCUT2D eigenvalue weighted by Crippen LogP contribution is -2.39. The summed E-state index contributed by atoms with van der Waals surface area (Å²) in [5, 5.41) is 16.6. The van der Waals surface area contributed by atoms with Crippen LogP contribution in [-0.2, 0) is 19.3 Å². The Morgan fingerprint density at radius 1 is 1.14 bits per heavy atom. The van der Waals surface area contributed by atoms with E-state index in [2.05, 4.69) is 33.8 Å². The quantitative estimate of drug-likeness (QED) is 0.312. The van der Waals surface area contributed by atoms with Crippen molar-refractivity contribution in [3.8, 4) is 17.2 Å². The Bertz CT molecular complexity index is 811. The summed E-state index contributed by atoms with van der Waals surface area (Å²) < 4.78 is 10.6. The van der Waals surface area contributed by atoms with E-state index in [1.54, 1.807) is 20.2 Å². The second kappa shape index (κ2) is 11.0. The van der Waals surface area contributed by atoms with E-state index in [1.165, 1.54) is 11.1 Å². The third-order valence-electron chi connectivity index (χ3n) is 4.66. The van der Waals surface area contributed by atoms with Crippen LogP contribution in [0.3, 0.4) is 0 Å². The fourth-order valence-corrected chi connectivity index (χ4v) is 3.14. The molecule has 28 heavy (non-hydrogen) atoms. The van der Waals surface area contributed by atoms with E-state index in [9.17, 15) is 5.11 Å². The van der Waals surface area contributed by atoms with Crippen LogP contribution in [0.4, 0.5) is 0 Å². The number of rotatable bonds is 7. The highest BCUT2D eigenvalue weighted by Gasteiger charge is 2.11. The molecule has 2 aromatic rings. The van der Waals surface area contributed by atoms with Crippen molar-refractivity contribution in [2.75, 3.05) is 33.9 Å². The van der Waals surface area contributed by atoms with E-state index < -0.39 is 0 Å². The normalized spacial score (nSPS) is 12.6. The van der Waals surface area contributed by atoms with E-state index in [-0.39, 0.29) is 29.7 Å². The van der Waals surface area contributed by atoms with Gasteiger partial charge in [0.1, 0.15) is 17.2 Å². The number of guanidine groups is 1. The first-order valence-electron chi connectivity index (χ1n) is 9.24. The molecular formula is C21H28IN3O3. The Labute approximate surface area is 183 Å². The van der Waals surface area contributed by atoms with Crippen LogP contribution in [0.5, 0.6) is 17.2 Å². The maximum absolute atomic E-state index is 10.0. The van der Waals surface area contributed by atoms with Crippen molar-refractivity contribution in [3.05, 3.63) is 53.1 Å². The van der Waals surface area contributed by atoms with Gasteiger partial charge in [-0.25, -0.2) is 0 Å². The summed E-state index contributed by atoms with van der Waals surface area (Å²) in [4.78, 5) is 4.25. The van der Waals surface area contributed by atoms with Crippen molar-refractivity contribution in [3.63, 3.8) is 0 Å². The highest BCUT2D eigenvalue weighted by molar-refractivity contribution is 14.0. The van der Waals surface area contributed by atoms with Crippen LogP contribution >= 0.6 is 24.0 Å². The molecule has 1 heterocycles. The van der Waals surface area contributed by atoms with Gasteiger partial charge in [-0.3, -0.25) is 4.99 Å². The first-order valence-corrected chi connectivity index (χ1v) is 9.24. The minimum Gasteiger partial charge on any atom is -0.508 e. The zero-order chi connectivity index (χ0) is 19.1. The molecule has 0 atom stereocenters. The summed E-state index contributed by atoms with van der Waals surface area (Å²) in [5.41, 5.74) is 3.47. The Hall–Kier alpha value is -2.16. The average Bonchev–Trinajstić information content (AvgIpc) is 3.15. The van der Waals surface area contributed by atoms with Crippen LogP contribution in [0.15, 0.2) is 41.4 Å². The number of methoxy groups -OCH3 is 1. The predicted octanol–water partition coefficient (Wildman–Crippen LogP) is 2.90. The van der Waals surface area contributed by atoms with Crippen molar-refractivity contribution in [2.24, 2.45) is 4.99 Å². The molecule has 6 nitrogen and oxygen atoms in total. The number of aliphatic imine (C=N–C) groups is 1. The first kappa shape index (κ1) is 22.1. The summed E-state index contributed by atoms with van der Waals surface area (Å²) >= 11 is 0. The molecule has 0 fully saturated rings. The van der Waals surface area contributed by atoms with E-state index >= 15 is 0 Å². The summed E-state index contributed by atoms with van der Waals surface area (Å²) in [6.07, 6.45) is 2.62. The van der Waals surface area contributed by atoms with Gasteiger partial charge in [0.05, 0.1) is 13.7 Å². The van der Waals surface area contributed by atoms with Gasteiger partial charge in [0.25, 0.3) is 0 Å². The van der Waals surface area contributed by atoms with Crippen LogP contribution in [0, 0.1) is 0 Å². The van der Waals surface area contributed by atoms with E-state index in [0.717, 1.165) is 43.3 Å². The largest absolute Gasteiger partial charge is 0.508 e. The predicted molar refractivity (Wildman–Crippen MR) is 122 cm³/mol. The van der Waals surface area contributed by atoms with Gasteiger partial charge in [0.2, 0.25) is 0 Å². The number of ether oxygens (including phenoxy) is 2. The molecule has 3 N–H and O–H groups in total. The number of nitrogens with zero attached hydrogens (tertiary/aromatic N) is 1. The molecule has 0 bridgehead atoms. The first-order chi connectivity index (χ1) is 13.2. The molecule has 0 aliphatic carbocycles. The van der Waals surface area contributed by atoms with Gasteiger partial charge >= 0.3 is 0 Å². The number of halogens is 1. The average molecular weight is 497 g/mol. The molecular weight excluding hydrogens is 469 g/mol. The third kappa shape index (κ3) is 5.92. The molecule has 3 rings (SSSR count). The number of hydrogen-bond donors (Lipinski definition) is 3. The number of phenols is 1. The minimum atomic E-state index is 0. The number of hydrogen-bond acceptors (Lipinski definition) is 4. The van der Waals surface area contributed by atoms with Crippen molar-refractivity contribution >= 4 is 29.9 Å². The molecule has 7 heteroatoms. The number of phenolic OH excluding ortho intramolecular Hbond substituents is 1. The molecule has 2 aromatic carbocycles. The lowest BCUT2D eigenvalue weighted by molar-refractivity contribution is 0.357. The van der Waals surface area contributed by atoms with Crippen molar-refractivity contribution < 1.29 is 14.6 Å². The van der Waals surface area contributed by atoms with E-state index in [0.29, 0.717) is 18.7 Å². The smallest absolute Gasteiger partial charge is 0.190 e. The van der Waals surface area contributed by atoms with Crippen LogP contribution < -0.4 is 20.1 Å². The molecule has 0 unspecified atom stereocenters. The molecule has 1 aliphatic rings. The molecule has 0 amide bonds. The van der Waals surface area contributed by atoms with Crippen molar-refractivity contribution in [1.82, 2.24) is 10.6 Å². The summed E-state index contributed by atoms with van der Waals surface area (Å²) in [6, 6.07) is 11.8. The van der Waals surface area contributed by atoms with E-state index in [4.69, 9.17) is 9.47 Å². The van der Waals surface area contributed by atoms with Gasteiger partial charge in [0, 0.05) is 32.6 Å². The van der Waals surface area contributed by atoms with Gasteiger partial charge < -0.3 is 25.2 Å². The second-order valence-corrected chi connectivity index (χ2v) is 6.46. The fraction of sp³-hybridized carbons (Fsp3) is 0.381. The molecule has 0 spiro atoms. The molecule has 1 aliphatic heterocycles. The lowest BCUT2D eigenvalue weighted by Gasteiger charge is -2.13. The number of benzene rings is 2. The standard InChI is InChI=1S/C21H27N3O3.HI/c1-22-21(24-11-8-16-4-5-18(26-2)14-19(16)25)23-10-7-15-3-6-20-17(13-15)9-12-27-20;/h3-6,13-14,25H,7-12H2,1-2H3,(H2,22,23,24);1H. The third-order valence-corrected chi connectivity index (χ3v) is 4.66. The van der Waals surface area contributed by atoms with Crippen molar-refractivity contribution in [2.45, 2.75) is 19.3 Å². The maximum Gasteiger partial charge on any atom is 0.190 e. The highest BCUT2D eigenvalue weighted by Crippen LogP contribution is 2.26. The number of fused-ring (bicyclic) bond motifs is 1. The molecule has 0 radical (unpaired) electrons. The van der Waals surface area contributed by atoms with Crippen LogP contribution in [0.1, 0.15) is 16.7 Å². The SMILES string of the molecule is CN=C(NCCc1ccc2c(c1)CCO2)NCCc1ccc(OC)cc1O.I. The molecule has 0 saturated carbocycles.